The van der Waals surface area contributed by atoms with Gasteiger partial charge in [-0.2, -0.15) is 0 Å². The molecule has 12 heavy (non-hydrogen) atoms. The van der Waals surface area contributed by atoms with Gasteiger partial charge in [-0.05, 0) is 12.2 Å². The van der Waals surface area contributed by atoms with Gasteiger partial charge in [0.15, 0.2) is 0 Å². The van der Waals surface area contributed by atoms with Crippen LogP contribution in [0.1, 0.15) is 5.56 Å². The summed E-state index contributed by atoms with van der Waals surface area (Å²) in [6.07, 6.45) is 0.388. The normalized spacial score (nSPS) is 12.8. The van der Waals surface area contributed by atoms with Crippen molar-refractivity contribution in [2.24, 2.45) is 0 Å². The third-order valence-electron chi connectivity index (χ3n) is 1.42. The Hall–Kier alpha value is -0.590. The summed E-state index contributed by atoms with van der Waals surface area (Å²) in [5.74, 6) is 0. The SMILES string of the molecule is C[PH](=O)COCc1ccccc1. The van der Waals surface area contributed by atoms with E-state index in [1.807, 2.05) is 30.3 Å². The molecule has 1 atom stereocenters. The van der Waals surface area contributed by atoms with Crippen LogP contribution in [0.4, 0.5) is 0 Å². The quantitative estimate of drug-likeness (QED) is 0.671. The van der Waals surface area contributed by atoms with Gasteiger partial charge in [0, 0.05) is 0 Å². The van der Waals surface area contributed by atoms with Crippen LogP contribution in [0.5, 0.6) is 0 Å². The number of hydrogen-bond acceptors (Lipinski definition) is 2. The minimum absolute atomic E-state index is 0.388. The first-order valence-electron chi connectivity index (χ1n) is 3.90. The zero-order valence-corrected chi connectivity index (χ0v) is 8.12. The molecule has 0 bridgehead atoms. The maximum absolute atomic E-state index is 10.7. The predicted octanol–water partition coefficient (Wildman–Crippen LogP) is 2.35. The summed E-state index contributed by atoms with van der Waals surface area (Å²) >= 11 is 0. The smallest absolute Gasteiger partial charge is 0.0976 e. The van der Waals surface area contributed by atoms with Crippen LogP contribution in [-0.4, -0.2) is 13.0 Å². The molecule has 1 unspecified atom stereocenters. The van der Waals surface area contributed by atoms with E-state index in [0.717, 1.165) is 5.56 Å². The molecule has 0 radical (unpaired) electrons. The molecule has 66 valence electrons. The van der Waals surface area contributed by atoms with Gasteiger partial charge in [-0.15, -0.1) is 0 Å². The lowest BCUT2D eigenvalue weighted by atomic mass is 10.2. The highest BCUT2D eigenvalue weighted by atomic mass is 31.1. The average molecular weight is 184 g/mol. The van der Waals surface area contributed by atoms with Crippen LogP contribution in [0.15, 0.2) is 30.3 Å². The van der Waals surface area contributed by atoms with Crippen molar-refractivity contribution in [3.8, 4) is 0 Å². The summed E-state index contributed by atoms with van der Waals surface area (Å²) in [5, 5.41) is 0. The maximum Gasteiger partial charge on any atom is 0.0976 e. The Labute approximate surface area is 73.3 Å². The molecule has 0 aliphatic heterocycles. The lowest BCUT2D eigenvalue weighted by Crippen LogP contribution is -1.90. The van der Waals surface area contributed by atoms with E-state index in [-0.39, 0.29) is 0 Å². The second kappa shape index (κ2) is 5.13. The Bertz CT molecular complexity index is 246. The summed E-state index contributed by atoms with van der Waals surface area (Å²) in [6.45, 7) is 2.26. The number of hydrogen-bond donors (Lipinski definition) is 0. The third kappa shape index (κ3) is 3.70. The Kier molecular flexibility index (Phi) is 4.06. The molecule has 0 aromatic heterocycles. The highest BCUT2D eigenvalue weighted by Gasteiger charge is 1.92. The van der Waals surface area contributed by atoms with E-state index in [1.165, 1.54) is 0 Å². The molecule has 0 saturated carbocycles. The first kappa shape index (κ1) is 9.50. The number of benzene rings is 1. The monoisotopic (exact) mass is 184 g/mol. The largest absolute Gasteiger partial charge is 0.369 e. The van der Waals surface area contributed by atoms with Gasteiger partial charge in [-0.25, -0.2) is 0 Å². The molecule has 0 amide bonds. The van der Waals surface area contributed by atoms with Gasteiger partial charge in [-0.1, -0.05) is 30.3 Å². The Morgan fingerprint density at radius 1 is 1.33 bits per heavy atom. The molecule has 0 saturated heterocycles. The van der Waals surface area contributed by atoms with E-state index in [1.54, 1.807) is 6.66 Å². The van der Waals surface area contributed by atoms with Crippen LogP contribution in [-0.2, 0) is 15.9 Å². The molecular weight excluding hydrogens is 171 g/mol. The van der Waals surface area contributed by atoms with Gasteiger partial charge in [0.1, 0.15) is 0 Å². The molecule has 3 heteroatoms. The molecule has 1 aromatic rings. The fraction of sp³-hybridized carbons (Fsp3) is 0.333. The van der Waals surface area contributed by atoms with E-state index in [2.05, 4.69) is 0 Å². The lowest BCUT2D eigenvalue weighted by Gasteiger charge is -2.01. The van der Waals surface area contributed by atoms with Crippen LogP contribution in [0.25, 0.3) is 0 Å². The molecule has 0 spiro atoms. The van der Waals surface area contributed by atoms with E-state index >= 15 is 0 Å². The van der Waals surface area contributed by atoms with Gasteiger partial charge in [-0.3, -0.25) is 0 Å². The van der Waals surface area contributed by atoms with Gasteiger partial charge >= 0.3 is 0 Å². The fourth-order valence-corrected chi connectivity index (χ4v) is 1.28. The van der Waals surface area contributed by atoms with Crippen molar-refractivity contribution in [2.75, 3.05) is 13.0 Å². The Morgan fingerprint density at radius 2 is 2.00 bits per heavy atom. The topological polar surface area (TPSA) is 26.3 Å². The molecule has 2 nitrogen and oxygen atoms in total. The molecule has 0 aliphatic carbocycles. The van der Waals surface area contributed by atoms with Crippen molar-refractivity contribution in [1.29, 1.82) is 0 Å². The van der Waals surface area contributed by atoms with Crippen molar-refractivity contribution in [3.05, 3.63) is 35.9 Å². The van der Waals surface area contributed by atoms with E-state index in [9.17, 15) is 4.57 Å². The molecule has 1 aromatic carbocycles. The zero-order chi connectivity index (χ0) is 8.81. The number of ether oxygens (including phenoxy) is 1. The van der Waals surface area contributed by atoms with E-state index < -0.39 is 7.80 Å². The van der Waals surface area contributed by atoms with E-state index in [0.29, 0.717) is 13.0 Å². The second-order valence-electron chi connectivity index (χ2n) is 2.68. The summed E-state index contributed by atoms with van der Waals surface area (Å²) in [6, 6.07) is 9.88. The molecule has 0 aliphatic rings. The molecule has 0 heterocycles. The van der Waals surface area contributed by atoms with Crippen molar-refractivity contribution in [1.82, 2.24) is 0 Å². The maximum atomic E-state index is 10.7. The Balaban J connectivity index is 2.29. The average Bonchev–Trinajstić information content (AvgIpc) is 2.05. The van der Waals surface area contributed by atoms with Crippen LogP contribution >= 0.6 is 7.80 Å². The minimum atomic E-state index is -1.48. The molecule has 0 fully saturated rings. The summed E-state index contributed by atoms with van der Waals surface area (Å²) in [7, 11) is -1.48. The van der Waals surface area contributed by atoms with Crippen LogP contribution in [0.2, 0.25) is 0 Å². The zero-order valence-electron chi connectivity index (χ0n) is 7.12. The second-order valence-corrected chi connectivity index (χ2v) is 4.37. The van der Waals surface area contributed by atoms with Crippen molar-refractivity contribution < 1.29 is 9.30 Å². The summed E-state index contributed by atoms with van der Waals surface area (Å²) < 4.78 is 15.9. The first-order valence-corrected chi connectivity index (χ1v) is 6.01. The van der Waals surface area contributed by atoms with Gasteiger partial charge in [0.25, 0.3) is 0 Å². The van der Waals surface area contributed by atoms with Crippen LogP contribution in [0, 0.1) is 0 Å². The summed E-state index contributed by atoms with van der Waals surface area (Å²) in [5.41, 5.74) is 1.13. The highest BCUT2D eigenvalue weighted by molar-refractivity contribution is 7.43. The van der Waals surface area contributed by atoms with Crippen LogP contribution < -0.4 is 0 Å². The third-order valence-corrected chi connectivity index (χ3v) is 2.03. The molecular formula is C9H13O2P. The highest BCUT2D eigenvalue weighted by Crippen LogP contribution is 2.13. The van der Waals surface area contributed by atoms with Gasteiger partial charge in [0.05, 0.1) is 20.8 Å². The first-order chi connectivity index (χ1) is 5.79. The van der Waals surface area contributed by atoms with Crippen molar-refractivity contribution >= 4 is 7.80 Å². The van der Waals surface area contributed by atoms with Crippen molar-refractivity contribution in [3.63, 3.8) is 0 Å². The fourth-order valence-electron chi connectivity index (χ4n) is 0.887. The van der Waals surface area contributed by atoms with Gasteiger partial charge in [0.2, 0.25) is 0 Å². The number of rotatable bonds is 4. The van der Waals surface area contributed by atoms with Gasteiger partial charge < -0.3 is 9.30 Å². The predicted molar refractivity (Wildman–Crippen MR) is 51.0 cm³/mol. The van der Waals surface area contributed by atoms with E-state index in [4.69, 9.17) is 4.74 Å². The molecule has 0 N–H and O–H groups in total. The minimum Gasteiger partial charge on any atom is -0.369 e. The standard InChI is InChI=1S/C9H13O2P/c1-12(10)8-11-7-9-5-3-2-4-6-9/h2-6,12H,7-8H2,1H3. The lowest BCUT2D eigenvalue weighted by molar-refractivity contribution is 0.164. The Morgan fingerprint density at radius 3 is 2.58 bits per heavy atom. The summed E-state index contributed by atoms with van der Waals surface area (Å²) in [4.78, 5) is 0. The molecule has 1 rings (SSSR count). The van der Waals surface area contributed by atoms with Crippen molar-refractivity contribution in [2.45, 2.75) is 6.61 Å². The van der Waals surface area contributed by atoms with Crippen LogP contribution in [0.3, 0.4) is 0 Å².